The van der Waals surface area contributed by atoms with Crippen molar-refractivity contribution in [3.8, 4) is 0 Å². The molecule has 18 heavy (non-hydrogen) atoms. The molecule has 0 bridgehead atoms. The Hall–Kier alpha value is -1.54. The molecule has 0 saturated heterocycles. The second-order valence-corrected chi connectivity index (χ2v) is 6.27. The molecular weight excluding hydrogens is 287 g/mol. The van der Waals surface area contributed by atoms with Crippen LogP contribution in [0.2, 0.25) is 0 Å². The summed E-state index contributed by atoms with van der Waals surface area (Å²) >= 11 is 0.418. The van der Waals surface area contributed by atoms with Crippen LogP contribution < -0.4 is 4.72 Å². The fourth-order valence-electron chi connectivity index (χ4n) is 1.26. The van der Waals surface area contributed by atoms with Crippen molar-refractivity contribution in [3.05, 3.63) is 47.1 Å². The van der Waals surface area contributed by atoms with Crippen LogP contribution in [0, 0.1) is 16.8 Å². The lowest BCUT2D eigenvalue weighted by Crippen LogP contribution is -2.11. The lowest BCUT2D eigenvalue weighted by molar-refractivity contribution is 0.584. The number of hydrogen-bond donors (Lipinski definition) is 1. The summed E-state index contributed by atoms with van der Waals surface area (Å²) in [5.74, 6) is -1.82. The quantitative estimate of drug-likeness (QED) is 0.945. The van der Waals surface area contributed by atoms with Gasteiger partial charge in [0.15, 0.2) is 5.13 Å². The van der Waals surface area contributed by atoms with E-state index >= 15 is 0 Å². The van der Waals surface area contributed by atoms with Crippen LogP contribution in [0.4, 0.5) is 18.9 Å². The van der Waals surface area contributed by atoms with Gasteiger partial charge in [-0.3, -0.25) is 4.72 Å². The Balaban J connectivity index is 2.33. The molecule has 0 saturated carbocycles. The van der Waals surface area contributed by atoms with E-state index in [0.717, 1.165) is 24.3 Å². The Kier molecular flexibility index (Phi) is 3.31. The molecule has 1 N–H and O–H groups in total. The number of rotatable bonds is 3. The number of sulfonamides is 1. The first-order chi connectivity index (χ1) is 8.37. The summed E-state index contributed by atoms with van der Waals surface area (Å²) in [6, 6.07) is 4.32. The molecule has 0 amide bonds. The van der Waals surface area contributed by atoms with Gasteiger partial charge in [-0.2, -0.15) is 4.39 Å². The SMILES string of the molecule is O=S(=O)(Nc1cc(F)cc(F)c1)c1ccc(F)s1. The number of halogens is 3. The minimum Gasteiger partial charge on any atom is -0.279 e. The van der Waals surface area contributed by atoms with Gasteiger partial charge in [0.1, 0.15) is 15.8 Å². The van der Waals surface area contributed by atoms with Gasteiger partial charge < -0.3 is 0 Å². The van der Waals surface area contributed by atoms with Crippen LogP contribution in [0.1, 0.15) is 0 Å². The van der Waals surface area contributed by atoms with Crippen molar-refractivity contribution >= 4 is 27.0 Å². The van der Waals surface area contributed by atoms with Crippen molar-refractivity contribution in [3.63, 3.8) is 0 Å². The molecule has 0 spiro atoms. The van der Waals surface area contributed by atoms with E-state index in [1.807, 2.05) is 4.72 Å². The highest BCUT2D eigenvalue weighted by Gasteiger charge is 2.17. The van der Waals surface area contributed by atoms with Crippen LogP contribution in [0.5, 0.6) is 0 Å². The molecule has 0 unspecified atom stereocenters. The van der Waals surface area contributed by atoms with Crippen LogP contribution in [0.25, 0.3) is 0 Å². The fourth-order valence-corrected chi connectivity index (χ4v) is 3.30. The molecule has 0 aliphatic rings. The number of benzene rings is 1. The first-order valence-electron chi connectivity index (χ1n) is 4.61. The van der Waals surface area contributed by atoms with E-state index in [2.05, 4.69) is 0 Å². The molecule has 0 aliphatic heterocycles. The van der Waals surface area contributed by atoms with Gasteiger partial charge >= 0.3 is 0 Å². The predicted molar refractivity (Wildman–Crippen MR) is 61.4 cm³/mol. The minimum absolute atomic E-state index is 0.263. The molecule has 0 atom stereocenters. The standard InChI is InChI=1S/C10H6F3NO2S2/c11-6-3-7(12)5-8(4-6)14-18(15,16)10-2-1-9(13)17-10/h1-5,14H. The van der Waals surface area contributed by atoms with Crippen LogP contribution in [0.15, 0.2) is 34.5 Å². The van der Waals surface area contributed by atoms with Gasteiger partial charge in [-0.25, -0.2) is 17.2 Å². The van der Waals surface area contributed by atoms with Crippen molar-refractivity contribution in [1.82, 2.24) is 0 Å². The molecule has 0 radical (unpaired) electrons. The lowest BCUT2D eigenvalue weighted by Gasteiger charge is -2.06. The van der Waals surface area contributed by atoms with E-state index in [1.165, 1.54) is 0 Å². The smallest absolute Gasteiger partial charge is 0.271 e. The summed E-state index contributed by atoms with van der Waals surface area (Å²) in [6.45, 7) is 0. The van der Waals surface area contributed by atoms with Crippen molar-refractivity contribution in [2.75, 3.05) is 4.72 Å². The average molecular weight is 293 g/mol. The number of thiophene rings is 1. The Morgan fingerprint density at radius 1 is 1.00 bits per heavy atom. The zero-order valence-electron chi connectivity index (χ0n) is 8.65. The van der Waals surface area contributed by atoms with Crippen molar-refractivity contribution in [1.29, 1.82) is 0 Å². The molecule has 3 nitrogen and oxygen atoms in total. The lowest BCUT2D eigenvalue weighted by atomic mass is 10.3. The largest absolute Gasteiger partial charge is 0.279 e. The molecule has 1 aromatic heterocycles. The third kappa shape index (κ3) is 2.82. The summed E-state index contributed by atoms with van der Waals surface area (Å²) in [5.41, 5.74) is -0.263. The molecule has 2 aromatic rings. The average Bonchev–Trinajstić information content (AvgIpc) is 2.62. The predicted octanol–water partition coefficient (Wildman–Crippen LogP) is 2.97. The highest BCUT2D eigenvalue weighted by molar-refractivity contribution is 7.94. The van der Waals surface area contributed by atoms with E-state index < -0.39 is 26.8 Å². The monoisotopic (exact) mass is 293 g/mol. The van der Waals surface area contributed by atoms with E-state index in [-0.39, 0.29) is 9.90 Å². The maximum Gasteiger partial charge on any atom is 0.271 e. The Morgan fingerprint density at radius 3 is 2.11 bits per heavy atom. The third-order valence-corrected chi connectivity index (χ3v) is 4.68. The highest BCUT2D eigenvalue weighted by atomic mass is 32.2. The van der Waals surface area contributed by atoms with E-state index in [1.54, 1.807) is 0 Å². The Morgan fingerprint density at radius 2 is 1.61 bits per heavy atom. The summed E-state index contributed by atoms with van der Waals surface area (Å²) < 4.78 is 63.6. The van der Waals surface area contributed by atoms with Crippen LogP contribution in [-0.2, 0) is 10.0 Å². The molecule has 96 valence electrons. The zero-order chi connectivity index (χ0) is 13.3. The number of anilines is 1. The summed E-state index contributed by atoms with van der Waals surface area (Å²) in [4.78, 5) is 0. The third-order valence-electron chi connectivity index (χ3n) is 1.93. The second-order valence-electron chi connectivity index (χ2n) is 3.32. The maximum atomic E-state index is 12.9. The molecular formula is C10H6F3NO2S2. The maximum absolute atomic E-state index is 12.9. The second kappa shape index (κ2) is 4.62. The normalized spacial score (nSPS) is 11.5. The van der Waals surface area contributed by atoms with Gasteiger partial charge in [-0.15, -0.1) is 0 Å². The van der Waals surface area contributed by atoms with Gasteiger partial charge in [0, 0.05) is 6.07 Å². The molecule has 1 heterocycles. The number of nitrogens with one attached hydrogen (secondary N) is 1. The first-order valence-corrected chi connectivity index (χ1v) is 6.91. The highest BCUT2D eigenvalue weighted by Crippen LogP contribution is 2.23. The first kappa shape index (κ1) is 12.9. The molecule has 1 aromatic carbocycles. The summed E-state index contributed by atoms with van der Waals surface area (Å²) in [7, 11) is -4.03. The molecule has 2 rings (SSSR count). The van der Waals surface area contributed by atoms with Crippen molar-refractivity contribution in [2.24, 2.45) is 0 Å². The molecule has 8 heteroatoms. The zero-order valence-corrected chi connectivity index (χ0v) is 10.3. The van der Waals surface area contributed by atoms with Gasteiger partial charge in [-0.05, 0) is 24.3 Å². The Labute approximate surface area is 105 Å². The van der Waals surface area contributed by atoms with Crippen LogP contribution in [0.3, 0.4) is 0 Å². The van der Waals surface area contributed by atoms with Crippen molar-refractivity contribution in [2.45, 2.75) is 4.21 Å². The fraction of sp³-hybridized carbons (Fsp3) is 0. The van der Waals surface area contributed by atoms with Gasteiger partial charge in [0.2, 0.25) is 0 Å². The summed E-state index contributed by atoms with van der Waals surface area (Å²) in [5, 5.41) is -0.666. The van der Waals surface area contributed by atoms with Gasteiger partial charge in [0.25, 0.3) is 10.0 Å². The summed E-state index contributed by atoms with van der Waals surface area (Å²) in [6.07, 6.45) is 0. The number of hydrogen-bond acceptors (Lipinski definition) is 3. The topological polar surface area (TPSA) is 46.2 Å². The van der Waals surface area contributed by atoms with Crippen LogP contribution >= 0.6 is 11.3 Å². The van der Waals surface area contributed by atoms with Gasteiger partial charge in [-0.1, -0.05) is 11.3 Å². The molecule has 0 aliphatic carbocycles. The Bertz CT molecular complexity index is 662. The van der Waals surface area contributed by atoms with E-state index in [0.29, 0.717) is 17.4 Å². The van der Waals surface area contributed by atoms with E-state index in [9.17, 15) is 21.6 Å². The van der Waals surface area contributed by atoms with Gasteiger partial charge in [0.05, 0.1) is 5.69 Å². The van der Waals surface area contributed by atoms with E-state index in [4.69, 9.17) is 0 Å². The van der Waals surface area contributed by atoms with Crippen LogP contribution in [-0.4, -0.2) is 8.42 Å². The molecule has 0 fully saturated rings. The minimum atomic E-state index is -4.03. The van der Waals surface area contributed by atoms with Crippen molar-refractivity contribution < 1.29 is 21.6 Å².